The third-order valence-electron chi connectivity index (χ3n) is 3.23. The molecule has 3 N–H and O–H groups in total. The van der Waals surface area contributed by atoms with Gasteiger partial charge in [0.2, 0.25) is 0 Å². The summed E-state index contributed by atoms with van der Waals surface area (Å²) in [5.74, 6) is 0.742. The molecule has 0 spiro atoms. The number of hydrogen-bond acceptors (Lipinski definition) is 5. The Morgan fingerprint density at radius 1 is 1.44 bits per heavy atom. The molecular formula is C12H14N6. The average Bonchev–Trinajstić information content (AvgIpc) is 2.84. The summed E-state index contributed by atoms with van der Waals surface area (Å²) in [4.78, 5) is 11.4. The fourth-order valence-electron chi connectivity index (χ4n) is 2.33. The first-order chi connectivity index (χ1) is 8.88. The topological polar surface area (TPSA) is 89.4 Å². The molecule has 92 valence electrons. The number of rotatable bonds is 2. The quantitative estimate of drug-likeness (QED) is 0.730. The zero-order valence-corrected chi connectivity index (χ0v) is 9.90. The summed E-state index contributed by atoms with van der Waals surface area (Å²) in [6, 6.07) is 2.52. The van der Waals surface area contributed by atoms with E-state index in [1.54, 1.807) is 6.20 Å². The fraction of sp³-hybridized carbons (Fsp3) is 0.417. The Hall–Kier alpha value is -2.13. The lowest BCUT2D eigenvalue weighted by Crippen LogP contribution is -2.38. The van der Waals surface area contributed by atoms with Crippen molar-refractivity contribution >= 4 is 16.9 Å². The van der Waals surface area contributed by atoms with Gasteiger partial charge in [-0.1, -0.05) is 0 Å². The highest BCUT2D eigenvalue weighted by Crippen LogP contribution is 2.23. The van der Waals surface area contributed by atoms with Crippen LogP contribution >= 0.6 is 0 Å². The highest BCUT2D eigenvalue weighted by Gasteiger charge is 2.16. The van der Waals surface area contributed by atoms with Gasteiger partial charge in [0.05, 0.1) is 10.9 Å². The minimum absolute atomic E-state index is 0.360. The molecule has 1 saturated heterocycles. The van der Waals surface area contributed by atoms with E-state index in [1.165, 1.54) is 6.33 Å². The van der Waals surface area contributed by atoms with Crippen LogP contribution in [-0.2, 0) is 0 Å². The molecule has 0 amide bonds. The van der Waals surface area contributed by atoms with Gasteiger partial charge >= 0.3 is 0 Å². The van der Waals surface area contributed by atoms with Crippen molar-refractivity contribution in [1.82, 2.24) is 20.3 Å². The van der Waals surface area contributed by atoms with Crippen LogP contribution in [0.3, 0.4) is 0 Å². The van der Waals surface area contributed by atoms with Crippen molar-refractivity contribution in [3.05, 3.63) is 18.1 Å². The Bertz CT molecular complexity index is 590. The lowest BCUT2D eigenvalue weighted by atomic mass is 10.1. The summed E-state index contributed by atoms with van der Waals surface area (Å²) in [6.07, 6.45) is 5.46. The number of piperidine rings is 1. The van der Waals surface area contributed by atoms with Gasteiger partial charge in [0.25, 0.3) is 0 Å². The van der Waals surface area contributed by atoms with Crippen LogP contribution in [0.15, 0.2) is 12.5 Å². The van der Waals surface area contributed by atoms with E-state index in [-0.39, 0.29) is 0 Å². The molecule has 6 nitrogen and oxygen atoms in total. The molecule has 6 heteroatoms. The van der Waals surface area contributed by atoms with E-state index in [9.17, 15) is 0 Å². The summed E-state index contributed by atoms with van der Waals surface area (Å²) in [5, 5.41) is 16.6. The molecule has 1 atom stereocenters. The monoisotopic (exact) mass is 242 g/mol. The van der Waals surface area contributed by atoms with Gasteiger partial charge in [0, 0.05) is 18.8 Å². The predicted octanol–water partition coefficient (Wildman–Crippen LogP) is 0.993. The molecule has 0 radical (unpaired) electrons. The molecule has 18 heavy (non-hydrogen) atoms. The molecule has 0 aliphatic carbocycles. The molecule has 1 aliphatic heterocycles. The van der Waals surface area contributed by atoms with Gasteiger partial charge in [-0.2, -0.15) is 5.26 Å². The van der Waals surface area contributed by atoms with Gasteiger partial charge < -0.3 is 15.6 Å². The van der Waals surface area contributed by atoms with Crippen molar-refractivity contribution in [1.29, 1.82) is 5.26 Å². The second kappa shape index (κ2) is 4.63. The first kappa shape index (κ1) is 11.0. The lowest BCUT2D eigenvalue weighted by Gasteiger charge is -2.24. The van der Waals surface area contributed by atoms with Crippen molar-refractivity contribution in [2.75, 3.05) is 18.4 Å². The minimum Gasteiger partial charge on any atom is -0.365 e. The van der Waals surface area contributed by atoms with E-state index in [2.05, 4.69) is 31.7 Å². The maximum absolute atomic E-state index is 9.09. The molecule has 3 heterocycles. The molecule has 2 aromatic heterocycles. The van der Waals surface area contributed by atoms with E-state index in [0.29, 0.717) is 17.3 Å². The number of nitrogens with one attached hydrogen (secondary N) is 3. The Morgan fingerprint density at radius 3 is 3.17 bits per heavy atom. The van der Waals surface area contributed by atoms with Crippen molar-refractivity contribution in [2.24, 2.45) is 0 Å². The normalized spacial score (nSPS) is 19.6. The Morgan fingerprint density at radius 2 is 2.39 bits per heavy atom. The molecule has 0 unspecified atom stereocenters. The van der Waals surface area contributed by atoms with Crippen molar-refractivity contribution in [3.63, 3.8) is 0 Å². The van der Waals surface area contributed by atoms with Crippen LogP contribution in [0.1, 0.15) is 18.4 Å². The van der Waals surface area contributed by atoms with Crippen LogP contribution in [0, 0.1) is 11.3 Å². The van der Waals surface area contributed by atoms with Gasteiger partial charge in [-0.05, 0) is 19.4 Å². The van der Waals surface area contributed by atoms with E-state index in [1.807, 2.05) is 0 Å². The summed E-state index contributed by atoms with van der Waals surface area (Å²) < 4.78 is 0. The number of fused-ring (bicyclic) bond motifs is 1. The standard InChI is InChI=1S/C12H14N6/c13-4-8-5-15-11-10(8)12(17-7-16-11)18-9-2-1-3-14-6-9/h5,7,9,14H,1-3,6H2,(H2,15,16,17,18)/t9-/m1/s1. The zero-order chi connectivity index (χ0) is 12.4. The van der Waals surface area contributed by atoms with Gasteiger partial charge in [0.15, 0.2) is 0 Å². The van der Waals surface area contributed by atoms with Gasteiger partial charge in [-0.15, -0.1) is 0 Å². The number of nitriles is 1. The molecule has 1 aliphatic rings. The van der Waals surface area contributed by atoms with Crippen molar-refractivity contribution in [3.8, 4) is 6.07 Å². The maximum Gasteiger partial charge on any atom is 0.144 e. The number of anilines is 1. The number of H-pyrrole nitrogens is 1. The van der Waals surface area contributed by atoms with Crippen LogP contribution in [0.5, 0.6) is 0 Å². The minimum atomic E-state index is 0.360. The highest BCUT2D eigenvalue weighted by molar-refractivity contribution is 5.92. The maximum atomic E-state index is 9.09. The van der Waals surface area contributed by atoms with Crippen molar-refractivity contribution in [2.45, 2.75) is 18.9 Å². The first-order valence-corrected chi connectivity index (χ1v) is 6.08. The number of nitrogens with zero attached hydrogens (tertiary/aromatic N) is 3. The van der Waals surface area contributed by atoms with Crippen LogP contribution in [0.25, 0.3) is 11.0 Å². The molecule has 0 aromatic carbocycles. The largest absolute Gasteiger partial charge is 0.365 e. The molecule has 2 aromatic rings. The zero-order valence-electron chi connectivity index (χ0n) is 9.90. The lowest BCUT2D eigenvalue weighted by molar-refractivity contribution is 0.479. The average molecular weight is 242 g/mol. The third kappa shape index (κ3) is 1.89. The summed E-state index contributed by atoms with van der Waals surface area (Å²) in [5.41, 5.74) is 1.28. The Kier molecular flexibility index (Phi) is 2.82. The molecular weight excluding hydrogens is 228 g/mol. The molecule has 0 bridgehead atoms. The van der Waals surface area contributed by atoms with Crippen LogP contribution in [0.2, 0.25) is 0 Å². The van der Waals surface area contributed by atoms with E-state index >= 15 is 0 Å². The second-order valence-electron chi connectivity index (χ2n) is 4.45. The van der Waals surface area contributed by atoms with Gasteiger partial charge in [0.1, 0.15) is 23.9 Å². The number of aromatic nitrogens is 3. The SMILES string of the molecule is N#Cc1c[nH]c2ncnc(N[C@@H]3CCCNC3)c12. The van der Waals surface area contributed by atoms with Gasteiger partial charge in [-0.3, -0.25) is 0 Å². The summed E-state index contributed by atoms with van der Waals surface area (Å²) in [7, 11) is 0. The predicted molar refractivity (Wildman–Crippen MR) is 68.1 cm³/mol. The number of aromatic amines is 1. The molecule has 1 fully saturated rings. The number of hydrogen-bond donors (Lipinski definition) is 3. The summed E-state index contributed by atoms with van der Waals surface area (Å²) in [6.45, 7) is 2.00. The fourth-order valence-corrected chi connectivity index (χ4v) is 2.33. The smallest absolute Gasteiger partial charge is 0.144 e. The van der Waals surface area contributed by atoms with Crippen LogP contribution in [-0.4, -0.2) is 34.1 Å². The Labute approximate surface area is 104 Å². The van der Waals surface area contributed by atoms with E-state index in [4.69, 9.17) is 5.26 Å². The third-order valence-corrected chi connectivity index (χ3v) is 3.23. The second-order valence-corrected chi connectivity index (χ2v) is 4.45. The van der Waals surface area contributed by atoms with Crippen LogP contribution < -0.4 is 10.6 Å². The van der Waals surface area contributed by atoms with Crippen molar-refractivity contribution < 1.29 is 0 Å². The highest BCUT2D eigenvalue weighted by atomic mass is 15.1. The Balaban J connectivity index is 1.95. The molecule has 0 saturated carbocycles. The molecule has 3 rings (SSSR count). The van der Waals surface area contributed by atoms with E-state index in [0.717, 1.165) is 37.1 Å². The summed E-state index contributed by atoms with van der Waals surface area (Å²) >= 11 is 0. The van der Waals surface area contributed by atoms with Gasteiger partial charge in [-0.25, -0.2) is 9.97 Å². The van der Waals surface area contributed by atoms with E-state index < -0.39 is 0 Å². The van der Waals surface area contributed by atoms with Crippen LogP contribution in [0.4, 0.5) is 5.82 Å². The first-order valence-electron chi connectivity index (χ1n) is 6.08.